The zero-order valence-corrected chi connectivity index (χ0v) is 27.1. The number of allylic oxidation sites excluding steroid dienone is 5. The summed E-state index contributed by atoms with van der Waals surface area (Å²) in [5, 5.41) is 12.5. The van der Waals surface area contributed by atoms with Crippen LogP contribution in [-0.2, 0) is 4.79 Å². The number of nitrogens with two attached hydrogens (primary N) is 2. The van der Waals surface area contributed by atoms with Gasteiger partial charge in [0, 0.05) is 20.1 Å². The summed E-state index contributed by atoms with van der Waals surface area (Å²) < 4.78 is 0. The van der Waals surface area contributed by atoms with E-state index in [0.717, 1.165) is 43.1 Å². The molecule has 8 nitrogen and oxygen atoms in total. The molecule has 2 rings (SSSR count). The molecule has 6 atom stereocenters. The highest BCUT2D eigenvalue weighted by molar-refractivity contribution is 5.84. The molecule has 2 aliphatic carbocycles. The van der Waals surface area contributed by atoms with Crippen molar-refractivity contribution in [3.63, 3.8) is 0 Å². The van der Waals surface area contributed by atoms with E-state index in [0.29, 0.717) is 18.4 Å². The second kappa shape index (κ2) is 20.8. The van der Waals surface area contributed by atoms with E-state index in [1.54, 1.807) is 17.1 Å². The third-order valence-electron chi connectivity index (χ3n) is 8.32. The highest BCUT2D eigenvalue weighted by Crippen LogP contribution is 2.34. The van der Waals surface area contributed by atoms with Gasteiger partial charge in [-0.1, -0.05) is 96.8 Å². The van der Waals surface area contributed by atoms with Gasteiger partial charge in [-0.25, -0.2) is 14.6 Å². The lowest BCUT2D eigenvalue weighted by atomic mass is 9.78. The van der Waals surface area contributed by atoms with Crippen molar-refractivity contribution in [2.45, 2.75) is 98.4 Å². The molecule has 0 aromatic rings. The van der Waals surface area contributed by atoms with Crippen LogP contribution in [0.25, 0.3) is 0 Å². The number of rotatable bonds is 15. The van der Waals surface area contributed by atoms with E-state index >= 15 is 0 Å². The second-order valence-electron chi connectivity index (χ2n) is 11.9. The minimum absolute atomic E-state index is 0.190. The highest BCUT2D eigenvalue weighted by Gasteiger charge is 2.24. The zero-order chi connectivity index (χ0) is 31.5. The van der Waals surface area contributed by atoms with E-state index < -0.39 is 18.0 Å². The Bertz CT molecular complexity index is 955. The van der Waals surface area contributed by atoms with Gasteiger partial charge in [0.1, 0.15) is 0 Å². The number of carboxylic acids is 1. The van der Waals surface area contributed by atoms with Crippen LogP contribution >= 0.6 is 0 Å². The molecule has 0 spiro atoms. The maximum absolute atomic E-state index is 12.2. The summed E-state index contributed by atoms with van der Waals surface area (Å²) in [5.41, 5.74) is 12.3. The molecule has 1 fully saturated rings. The van der Waals surface area contributed by atoms with Gasteiger partial charge < -0.3 is 26.8 Å². The Hall–Kier alpha value is -3.03. The van der Waals surface area contributed by atoms with E-state index in [1.807, 2.05) is 27.0 Å². The van der Waals surface area contributed by atoms with E-state index in [9.17, 15) is 14.7 Å². The summed E-state index contributed by atoms with van der Waals surface area (Å²) in [6.07, 6.45) is 24.8. The van der Waals surface area contributed by atoms with Crippen LogP contribution in [0.3, 0.4) is 0 Å². The first-order valence-electron chi connectivity index (χ1n) is 16.1. The van der Waals surface area contributed by atoms with Gasteiger partial charge in [0.15, 0.2) is 12.0 Å². The predicted octanol–water partition coefficient (Wildman–Crippen LogP) is 6.65. The number of nitrogens with zero attached hydrogens (tertiary/aromatic N) is 2. The number of carboxylic acid groups (broad SMARTS) is 1. The number of primary amides is 1. The van der Waals surface area contributed by atoms with Crippen molar-refractivity contribution in [1.82, 2.24) is 10.2 Å². The number of urea groups is 1. The number of amides is 2. The van der Waals surface area contributed by atoms with E-state index in [-0.39, 0.29) is 18.4 Å². The van der Waals surface area contributed by atoms with Crippen LogP contribution in [-0.4, -0.2) is 54.1 Å². The van der Waals surface area contributed by atoms with Crippen LogP contribution in [0.15, 0.2) is 53.1 Å². The lowest BCUT2D eigenvalue weighted by Crippen LogP contribution is -2.36. The Labute approximate surface area is 255 Å². The van der Waals surface area contributed by atoms with Crippen molar-refractivity contribution in [3.8, 4) is 0 Å². The number of hydrogen-bond donors (Lipinski definition) is 4. The third kappa shape index (κ3) is 14.7. The number of carbonyl (C=O) groups excluding carboxylic acids is 1. The molecule has 238 valence electrons. The van der Waals surface area contributed by atoms with Crippen molar-refractivity contribution in [3.05, 3.63) is 48.1 Å². The van der Waals surface area contributed by atoms with Crippen LogP contribution in [0.4, 0.5) is 4.79 Å². The van der Waals surface area contributed by atoms with Gasteiger partial charge in [0.2, 0.25) is 0 Å². The second-order valence-corrected chi connectivity index (χ2v) is 11.9. The smallest absolute Gasteiger partial charge is 0.332 e. The molecule has 6 unspecified atom stereocenters. The molecule has 0 bridgehead atoms. The molecule has 2 aliphatic rings. The quantitative estimate of drug-likeness (QED) is 0.0738. The number of guanidine groups is 1. The van der Waals surface area contributed by atoms with Gasteiger partial charge in [0.05, 0.1) is 0 Å². The number of hydrogen-bond acceptors (Lipinski definition) is 3. The monoisotopic (exact) mass is 585 g/mol. The van der Waals surface area contributed by atoms with Crippen molar-refractivity contribution < 1.29 is 14.7 Å². The predicted molar refractivity (Wildman–Crippen MR) is 176 cm³/mol. The van der Waals surface area contributed by atoms with Gasteiger partial charge in [0.25, 0.3) is 0 Å². The fraction of sp³-hybridized carbons (Fsp3) is 0.676. The Morgan fingerprint density at radius 3 is 2.50 bits per heavy atom. The molecule has 0 aromatic heterocycles. The third-order valence-corrected chi connectivity index (χ3v) is 8.32. The summed E-state index contributed by atoms with van der Waals surface area (Å²) in [7, 11) is 1.83. The molecule has 6 N–H and O–H groups in total. The summed E-state index contributed by atoms with van der Waals surface area (Å²) >= 11 is 0. The maximum atomic E-state index is 12.2. The Morgan fingerprint density at radius 2 is 1.88 bits per heavy atom. The number of carbonyl (C=O) groups is 2. The van der Waals surface area contributed by atoms with Crippen molar-refractivity contribution in [2.75, 3.05) is 20.1 Å². The van der Waals surface area contributed by atoms with Crippen molar-refractivity contribution in [1.29, 1.82) is 0 Å². The van der Waals surface area contributed by atoms with Crippen LogP contribution in [0.5, 0.6) is 0 Å². The summed E-state index contributed by atoms with van der Waals surface area (Å²) in [5.74, 6) is 1.93. The first-order valence-corrected chi connectivity index (χ1v) is 16.1. The van der Waals surface area contributed by atoms with Gasteiger partial charge in [-0.2, -0.15) is 0 Å². The Balaban J connectivity index is 0.00000431. The fourth-order valence-electron chi connectivity index (χ4n) is 5.75. The SMILES string of the molecule is CC.CC(/C=C/CN(C)C(N)=NC(/C=C(\C=C\CNC(N)=O)C1CCCC(C)C1)C(=O)O)CCCC(C)C1C=CCC1. The largest absolute Gasteiger partial charge is 0.479 e. The van der Waals surface area contributed by atoms with E-state index in [4.69, 9.17) is 11.5 Å². The highest BCUT2D eigenvalue weighted by atomic mass is 16.4. The molecule has 8 heteroatoms. The normalized spacial score (nSPS) is 23.3. The molecule has 0 aliphatic heterocycles. The summed E-state index contributed by atoms with van der Waals surface area (Å²) in [6, 6.07) is -1.69. The lowest BCUT2D eigenvalue weighted by molar-refractivity contribution is -0.137. The fourth-order valence-corrected chi connectivity index (χ4v) is 5.75. The molecule has 1 saturated carbocycles. The average molecular weight is 586 g/mol. The lowest BCUT2D eigenvalue weighted by Gasteiger charge is -2.28. The minimum Gasteiger partial charge on any atom is -0.479 e. The van der Waals surface area contributed by atoms with Crippen LogP contribution in [0, 0.1) is 29.6 Å². The van der Waals surface area contributed by atoms with Crippen LogP contribution in [0.2, 0.25) is 0 Å². The molecule has 0 saturated heterocycles. The molecule has 0 aromatic carbocycles. The van der Waals surface area contributed by atoms with Gasteiger partial charge in [-0.05, 0) is 73.3 Å². The first kappa shape index (κ1) is 37.0. The van der Waals surface area contributed by atoms with Gasteiger partial charge >= 0.3 is 12.0 Å². The maximum Gasteiger partial charge on any atom is 0.332 e. The first-order chi connectivity index (χ1) is 20.1. The molecule has 0 heterocycles. The van der Waals surface area contributed by atoms with Crippen molar-refractivity contribution >= 4 is 18.0 Å². The topological polar surface area (TPSA) is 134 Å². The van der Waals surface area contributed by atoms with Gasteiger partial charge in [-0.15, -0.1) is 0 Å². The standard InChI is InChI=1S/C32H53N5O3.C2H6/c1-23(11-7-14-25(3)26-15-5-6-16-26)13-10-20-37(4)31(33)36-29(30(38)39)22-28(18-9-19-35-32(34)40)27-17-8-12-24(2)21-27;1-2/h5,9-10,13,15,18,22-27,29H,6-8,11-12,14,16-17,19-21H2,1-4H3,(H2,33,36)(H,38,39)(H3,34,35,40);1-2H3/b13-10+,18-9+,28-22+;. The zero-order valence-electron chi connectivity index (χ0n) is 27.1. The van der Waals surface area contributed by atoms with Gasteiger partial charge in [-0.3, -0.25) is 0 Å². The molecule has 2 amide bonds. The van der Waals surface area contributed by atoms with Crippen LogP contribution < -0.4 is 16.8 Å². The Kier molecular flexibility index (Phi) is 18.3. The van der Waals surface area contributed by atoms with Crippen molar-refractivity contribution in [2.24, 2.45) is 46.0 Å². The molecular weight excluding hydrogens is 526 g/mol. The van der Waals surface area contributed by atoms with E-state index in [1.165, 1.54) is 32.1 Å². The number of aliphatic imine (C=N–C) groups is 1. The Morgan fingerprint density at radius 1 is 1.14 bits per heavy atom. The molecular formula is C34H59N5O3. The molecule has 0 radical (unpaired) electrons. The number of nitrogens with one attached hydrogen (secondary N) is 1. The van der Waals surface area contributed by atoms with E-state index in [2.05, 4.69) is 55.4 Å². The number of likely N-dealkylation sites (N-methyl/N-ethyl adjacent to an activating group) is 1. The van der Waals surface area contributed by atoms with Crippen LogP contribution in [0.1, 0.15) is 92.4 Å². The number of aliphatic carboxylic acids is 1. The summed E-state index contributed by atoms with van der Waals surface area (Å²) in [4.78, 5) is 29.3. The average Bonchev–Trinajstić information content (AvgIpc) is 3.50. The summed E-state index contributed by atoms with van der Waals surface area (Å²) in [6.45, 7) is 11.7. The minimum atomic E-state index is -1.09. The molecule has 42 heavy (non-hydrogen) atoms.